The van der Waals surface area contributed by atoms with Crippen molar-refractivity contribution in [3.05, 3.63) is 89.1 Å². The first-order valence-electron chi connectivity index (χ1n) is 12.7. The molecule has 4 heteroatoms. The number of rotatable bonds is 4. The molecule has 0 aliphatic carbocycles. The summed E-state index contributed by atoms with van der Waals surface area (Å²) in [6.07, 6.45) is 0. The van der Waals surface area contributed by atoms with Crippen LogP contribution in [0.5, 0.6) is 0 Å². The van der Waals surface area contributed by atoms with Crippen LogP contribution in [0, 0.1) is 13.8 Å². The standard InChI is InChI=1S/C32H31N3O/c1-18(2)22-10-9-11-23(19(3)4)30(22)35-28-13-8-7-12-27(28)34-31(35)25-17-26-24-15-14-21(6)33-32(24)36-29(26)16-20(25)5/h7-19H,1-6H3. The molecule has 0 spiro atoms. The summed E-state index contributed by atoms with van der Waals surface area (Å²) in [7, 11) is 0. The molecule has 6 aromatic rings. The second kappa shape index (κ2) is 8.34. The van der Waals surface area contributed by atoms with Gasteiger partial charge in [-0.3, -0.25) is 4.57 Å². The number of furan rings is 1. The second-order valence-corrected chi connectivity index (χ2v) is 10.4. The van der Waals surface area contributed by atoms with Gasteiger partial charge in [-0.2, -0.15) is 0 Å². The van der Waals surface area contributed by atoms with Crippen molar-refractivity contribution in [1.82, 2.24) is 14.5 Å². The van der Waals surface area contributed by atoms with Crippen LogP contribution in [0.2, 0.25) is 0 Å². The fourth-order valence-electron chi connectivity index (χ4n) is 5.34. The third kappa shape index (κ3) is 3.43. The molecule has 6 rings (SSSR count). The van der Waals surface area contributed by atoms with Crippen LogP contribution in [0.3, 0.4) is 0 Å². The Morgan fingerprint density at radius 2 is 1.47 bits per heavy atom. The Morgan fingerprint density at radius 3 is 2.19 bits per heavy atom. The number of para-hydroxylation sites is 3. The minimum absolute atomic E-state index is 0.378. The van der Waals surface area contributed by atoms with Crippen LogP contribution in [-0.2, 0) is 0 Å². The highest BCUT2D eigenvalue weighted by atomic mass is 16.3. The number of imidazole rings is 1. The molecule has 0 N–H and O–H groups in total. The minimum Gasteiger partial charge on any atom is -0.438 e. The summed E-state index contributed by atoms with van der Waals surface area (Å²) in [6, 6.07) is 23.7. The van der Waals surface area contributed by atoms with Crippen molar-refractivity contribution in [3.8, 4) is 17.1 Å². The molecular formula is C32H31N3O. The first-order valence-corrected chi connectivity index (χ1v) is 12.7. The number of aromatic nitrogens is 3. The zero-order valence-corrected chi connectivity index (χ0v) is 21.8. The molecule has 0 aliphatic rings. The van der Waals surface area contributed by atoms with E-state index < -0.39 is 0 Å². The molecule has 0 atom stereocenters. The molecule has 4 nitrogen and oxygen atoms in total. The Morgan fingerprint density at radius 1 is 0.750 bits per heavy atom. The summed E-state index contributed by atoms with van der Waals surface area (Å²) in [5.74, 6) is 1.71. The SMILES string of the molecule is Cc1ccc2c(n1)oc1cc(C)c(-c3nc4ccccc4n3-c3c(C(C)C)cccc3C(C)C)cc12. The van der Waals surface area contributed by atoms with E-state index in [9.17, 15) is 0 Å². The largest absolute Gasteiger partial charge is 0.438 e. The molecule has 3 aromatic carbocycles. The third-order valence-corrected chi connectivity index (χ3v) is 7.19. The van der Waals surface area contributed by atoms with Crippen molar-refractivity contribution in [2.75, 3.05) is 0 Å². The van der Waals surface area contributed by atoms with Crippen LogP contribution in [0.25, 0.3) is 50.2 Å². The average Bonchev–Trinajstić information content (AvgIpc) is 3.39. The number of pyridine rings is 1. The van der Waals surface area contributed by atoms with Gasteiger partial charge >= 0.3 is 0 Å². The van der Waals surface area contributed by atoms with Crippen molar-refractivity contribution in [3.63, 3.8) is 0 Å². The highest BCUT2D eigenvalue weighted by molar-refractivity contribution is 6.05. The molecular weight excluding hydrogens is 442 g/mol. The molecule has 0 saturated carbocycles. The van der Waals surface area contributed by atoms with Gasteiger partial charge in [0.15, 0.2) is 0 Å². The summed E-state index contributed by atoms with van der Waals surface area (Å²) in [5.41, 5.74) is 10.8. The van der Waals surface area contributed by atoms with E-state index in [0.717, 1.165) is 50.0 Å². The fraction of sp³-hybridized carbons (Fsp3) is 0.250. The Labute approximate surface area is 211 Å². The molecule has 0 saturated heterocycles. The highest BCUT2D eigenvalue weighted by Crippen LogP contribution is 2.40. The van der Waals surface area contributed by atoms with Gasteiger partial charge < -0.3 is 4.42 Å². The third-order valence-electron chi connectivity index (χ3n) is 7.19. The van der Waals surface area contributed by atoms with Gasteiger partial charge in [0.05, 0.1) is 16.7 Å². The molecule has 36 heavy (non-hydrogen) atoms. The molecule has 180 valence electrons. The van der Waals surface area contributed by atoms with E-state index in [1.165, 1.54) is 16.8 Å². The van der Waals surface area contributed by atoms with Crippen LogP contribution in [-0.4, -0.2) is 14.5 Å². The summed E-state index contributed by atoms with van der Waals surface area (Å²) in [6.45, 7) is 13.2. The molecule has 0 unspecified atom stereocenters. The van der Waals surface area contributed by atoms with Crippen LogP contribution in [0.15, 0.2) is 71.1 Å². The smallest absolute Gasteiger partial charge is 0.227 e. The Bertz CT molecular complexity index is 1740. The van der Waals surface area contributed by atoms with Crippen LogP contribution >= 0.6 is 0 Å². The number of nitrogens with zero attached hydrogens (tertiary/aromatic N) is 3. The van der Waals surface area contributed by atoms with Gasteiger partial charge in [0, 0.05) is 22.0 Å². The Kier molecular flexibility index (Phi) is 5.22. The quantitative estimate of drug-likeness (QED) is 0.257. The van der Waals surface area contributed by atoms with E-state index in [2.05, 4.69) is 105 Å². The zero-order valence-electron chi connectivity index (χ0n) is 21.8. The van der Waals surface area contributed by atoms with E-state index in [1.807, 2.05) is 13.0 Å². The van der Waals surface area contributed by atoms with E-state index in [-0.39, 0.29) is 0 Å². The Balaban J connectivity index is 1.73. The number of fused-ring (bicyclic) bond motifs is 4. The van der Waals surface area contributed by atoms with Gasteiger partial charge in [-0.1, -0.05) is 58.0 Å². The number of hydrogen-bond acceptors (Lipinski definition) is 3. The molecule has 0 fully saturated rings. The lowest BCUT2D eigenvalue weighted by molar-refractivity contribution is 0.652. The molecule has 3 heterocycles. The predicted octanol–water partition coefficient (Wildman–Crippen LogP) is 8.85. The molecule has 0 bridgehead atoms. The van der Waals surface area contributed by atoms with Crippen LogP contribution in [0.4, 0.5) is 0 Å². The zero-order chi connectivity index (χ0) is 25.1. The van der Waals surface area contributed by atoms with E-state index >= 15 is 0 Å². The first-order chi connectivity index (χ1) is 17.3. The lowest BCUT2D eigenvalue weighted by Gasteiger charge is -2.23. The number of aryl methyl sites for hydroxylation is 2. The molecule has 0 amide bonds. The van der Waals surface area contributed by atoms with Gasteiger partial charge in [0.25, 0.3) is 0 Å². The lowest BCUT2D eigenvalue weighted by atomic mass is 9.92. The minimum atomic E-state index is 0.378. The first kappa shape index (κ1) is 22.5. The van der Waals surface area contributed by atoms with Crippen LogP contribution in [0.1, 0.15) is 61.9 Å². The van der Waals surface area contributed by atoms with E-state index in [4.69, 9.17) is 9.40 Å². The van der Waals surface area contributed by atoms with E-state index in [1.54, 1.807) is 0 Å². The van der Waals surface area contributed by atoms with Crippen molar-refractivity contribution >= 4 is 33.1 Å². The summed E-state index contributed by atoms with van der Waals surface area (Å²) >= 11 is 0. The van der Waals surface area contributed by atoms with Gasteiger partial charge in [0.2, 0.25) is 5.71 Å². The van der Waals surface area contributed by atoms with Crippen molar-refractivity contribution in [2.24, 2.45) is 0 Å². The normalized spacial score (nSPS) is 12.1. The highest BCUT2D eigenvalue weighted by Gasteiger charge is 2.23. The number of hydrogen-bond donors (Lipinski definition) is 0. The topological polar surface area (TPSA) is 43.9 Å². The summed E-state index contributed by atoms with van der Waals surface area (Å²) in [4.78, 5) is 9.84. The fourth-order valence-corrected chi connectivity index (χ4v) is 5.34. The van der Waals surface area contributed by atoms with Crippen molar-refractivity contribution in [1.29, 1.82) is 0 Å². The van der Waals surface area contributed by atoms with Crippen molar-refractivity contribution in [2.45, 2.75) is 53.4 Å². The monoisotopic (exact) mass is 473 g/mol. The predicted molar refractivity (Wildman–Crippen MR) is 149 cm³/mol. The maximum absolute atomic E-state index is 6.14. The van der Waals surface area contributed by atoms with Crippen LogP contribution < -0.4 is 0 Å². The number of benzene rings is 3. The molecule has 0 radical (unpaired) electrons. The maximum atomic E-state index is 6.14. The lowest BCUT2D eigenvalue weighted by Crippen LogP contribution is -2.08. The molecule has 0 aliphatic heterocycles. The molecule has 3 aromatic heterocycles. The summed E-state index contributed by atoms with van der Waals surface area (Å²) in [5, 5.41) is 2.10. The van der Waals surface area contributed by atoms with Gasteiger partial charge in [-0.05, 0) is 78.8 Å². The maximum Gasteiger partial charge on any atom is 0.227 e. The van der Waals surface area contributed by atoms with E-state index in [0.29, 0.717) is 17.5 Å². The van der Waals surface area contributed by atoms with Gasteiger partial charge in [0.1, 0.15) is 11.4 Å². The Hall–Kier alpha value is -3.92. The van der Waals surface area contributed by atoms with Crippen molar-refractivity contribution < 1.29 is 4.42 Å². The van der Waals surface area contributed by atoms with Gasteiger partial charge in [-0.15, -0.1) is 0 Å². The average molecular weight is 474 g/mol. The second-order valence-electron chi connectivity index (χ2n) is 10.4. The van der Waals surface area contributed by atoms with Gasteiger partial charge in [-0.25, -0.2) is 9.97 Å². The summed E-state index contributed by atoms with van der Waals surface area (Å²) < 4.78 is 8.53.